The minimum Gasteiger partial charge on any atom is -0.308 e. The number of anilines is 2. The number of carbonyl (C=O) groups is 1. The second-order valence-corrected chi connectivity index (χ2v) is 8.16. The molecule has 142 valence electrons. The molecule has 0 radical (unpaired) electrons. The van der Waals surface area contributed by atoms with Crippen molar-refractivity contribution in [3.63, 3.8) is 0 Å². The molecule has 0 spiro atoms. The molecule has 0 fully saturated rings. The molecule has 3 heterocycles. The summed E-state index contributed by atoms with van der Waals surface area (Å²) in [6.45, 7) is 2.02. The average molecular weight is 433 g/mol. The van der Waals surface area contributed by atoms with Crippen molar-refractivity contribution in [2.75, 3.05) is 10.6 Å². The molecular formula is C16H13ClN8OS2. The molecule has 3 aromatic heterocycles. The second kappa shape index (κ2) is 8.09. The van der Waals surface area contributed by atoms with Gasteiger partial charge in [0, 0.05) is 16.4 Å². The van der Waals surface area contributed by atoms with Crippen molar-refractivity contribution in [1.82, 2.24) is 29.8 Å². The molecule has 12 heteroatoms. The van der Waals surface area contributed by atoms with Gasteiger partial charge in [-0.25, -0.2) is 9.78 Å². The first-order valence-corrected chi connectivity index (χ1v) is 10.2. The van der Waals surface area contributed by atoms with Crippen molar-refractivity contribution in [2.24, 2.45) is 0 Å². The van der Waals surface area contributed by atoms with E-state index < -0.39 is 6.03 Å². The maximum atomic E-state index is 12.1. The summed E-state index contributed by atoms with van der Waals surface area (Å²) in [5.74, 6) is 0.533. The highest BCUT2D eigenvalue weighted by molar-refractivity contribution is 8.01. The van der Waals surface area contributed by atoms with Gasteiger partial charge in [0.1, 0.15) is 11.4 Å². The van der Waals surface area contributed by atoms with E-state index in [9.17, 15) is 4.79 Å². The molecule has 0 bridgehead atoms. The number of benzene rings is 1. The zero-order valence-electron chi connectivity index (χ0n) is 14.5. The first-order valence-electron chi connectivity index (χ1n) is 8.15. The maximum absolute atomic E-state index is 12.1. The standard InChI is InChI=1S/C16H13ClN8OS2/c1-2-10-7-12(25-13(20-10)18-8-19-25)27-16-24-23-15(28-16)22-14(26)21-11-5-3-4-9(17)6-11/h3-8H,2H2,1H3,(H2,21,22,23,26). The number of nitrogens with one attached hydrogen (secondary N) is 2. The molecule has 0 saturated heterocycles. The Labute approximate surface area is 172 Å². The third-order valence-electron chi connectivity index (χ3n) is 3.54. The molecule has 0 aliphatic rings. The van der Waals surface area contributed by atoms with Gasteiger partial charge in [0.25, 0.3) is 5.78 Å². The number of amides is 2. The summed E-state index contributed by atoms with van der Waals surface area (Å²) in [6, 6.07) is 8.39. The van der Waals surface area contributed by atoms with Crippen LogP contribution in [0.5, 0.6) is 0 Å². The number of aryl methyl sites for hydroxylation is 1. The van der Waals surface area contributed by atoms with E-state index in [1.165, 1.54) is 29.4 Å². The highest BCUT2D eigenvalue weighted by atomic mass is 35.5. The van der Waals surface area contributed by atoms with Crippen molar-refractivity contribution in [3.8, 4) is 0 Å². The van der Waals surface area contributed by atoms with Gasteiger partial charge in [0.2, 0.25) is 5.13 Å². The molecule has 2 N–H and O–H groups in total. The molecule has 2 amide bonds. The van der Waals surface area contributed by atoms with Crippen molar-refractivity contribution >= 4 is 57.3 Å². The lowest BCUT2D eigenvalue weighted by Gasteiger charge is -2.05. The lowest BCUT2D eigenvalue weighted by Crippen LogP contribution is -2.19. The maximum Gasteiger partial charge on any atom is 0.325 e. The van der Waals surface area contributed by atoms with Gasteiger partial charge in [-0.3, -0.25) is 5.32 Å². The van der Waals surface area contributed by atoms with Crippen LogP contribution < -0.4 is 10.6 Å². The van der Waals surface area contributed by atoms with E-state index in [1.54, 1.807) is 28.8 Å². The second-order valence-electron chi connectivity index (χ2n) is 5.48. The summed E-state index contributed by atoms with van der Waals surface area (Å²) in [4.78, 5) is 20.7. The Balaban J connectivity index is 1.46. The minimum absolute atomic E-state index is 0.377. The Kier molecular flexibility index (Phi) is 5.37. The molecule has 0 unspecified atom stereocenters. The van der Waals surface area contributed by atoms with Crippen LogP contribution in [0.2, 0.25) is 5.02 Å². The molecular weight excluding hydrogens is 420 g/mol. The number of urea groups is 1. The Morgan fingerprint density at radius 1 is 1.29 bits per heavy atom. The fourth-order valence-corrected chi connectivity index (χ4v) is 4.30. The van der Waals surface area contributed by atoms with E-state index in [0.717, 1.165) is 17.1 Å². The Hall–Kier alpha value is -2.76. The quantitative estimate of drug-likeness (QED) is 0.362. The Morgan fingerprint density at radius 2 is 2.18 bits per heavy atom. The fraction of sp³-hybridized carbons (Fsp3) is 0.125. The third-order valence-corrected chi connectivity index (χ3v) is 5.66. The first kappa shape index (κ1) is 18.6. The van der Waals surface area contributed by atoms with Crippen molar-refractivity contribution in [2.45, 2.75) is 22.7 Å². The summed E-state index contributed by atoms with van der Waals surface area (Å²) >= 11 is 8.55. The van der Waals surface area contributed by atoms with Crippen LogP contribution in [0.4, 0.5) is 15.6 Å². The van der Waals surface area contributed by atoms with Gasteiger partial charge in [-0.15, -0.1) is 10.2 Å². The Bertz CT molecular complexity index is 1140. The summed E-state index contributed by atoms with van der Waals surface area (Å²) in [5, 5.41) is 19.4. The van der Waals surface area contributed by atoms with Gasteiger partial charge < -0.3 is 5.32 Å². The van der Waals surface area contributed by atoms with Crippen LogP contribution in [-0.4, -0.2) is 35.8 Å². The van der Waals surface area contributed by atoms with Crippen molar-refractivity contribution in [3.05, 3.63) is 47.4 Å². The minimum atomic E-state index is -0.425. The number of hydrogen-bond acceptors (Lipinski definition) is 8. The molecule has 9 nitrogen and oxygen atoms in total. The molecule has 28 heavy (non-hydrogen) atoms. The molecule has 1 aromatic carbocycles. The highest BCUT2D eigenvalue weighted by Crippen LogP contribution is 2.32. The molecule has 0 atom stereocenters. The zero-order chi connectivity index (χ0) is 19.5. The lowest BCUT2D eigenvalue weighted by molar-refractivity contribution is 0.262. The largest absolute Gasteiger partial charge is 0.325 e. The molecule has 0 aliphatic heterocycles. The van der Waals surface area contributed by atoms with Crippen molar-refractivity contribution < 1.29 is 4.79 Å². The van der Waals surface area contributed by atoms with Crippen LogP contribution in [0.1, 0.15) is 12.6 Å². The summed E-state index contributed by atoms with van der Waals surface area (Å²) in [5.41, 5.74) is 1.49. The number of nitrogens with zero attached hydrogens (tertiary/aromatic N) is 6. The Morgan fingerprint density at radius 3 is 3.00 bits per heavy atom. The van der Waals surface area contributed by atoms with Crippen LogP contribution in [0, 0.1) is 0 Å². The van der Waals surface area contributed by atoms with E-state index in [1.807, 2.05) is 13.0 Å². The van der Waals surface area contributed by atoms with E-state index in [-0.39, 0.29) is 0 Å². The number of halogens is 1. The van der Waals surface area contributed by atoms with Crippen molar-refractivity contribution in [1.29, 1.82) is 0 Å². The first-order chi connectivity index (χ1) is 13.6. The topological polar surface area (TPSA) is 110 Å². The van der Waals surface area contributed by atoms with E-state index in [2.05, 4.69) is 35.9 Å². The van der Waals surface area contributed by atoms with Gasteiger partial charge in [0.05, 0.1) is 0 Å². The van der Waals surface area contributed by atoms with E-state index >= 15 is 0 Å². The van der Waals surface area contributed by atoms with Gasteiger partial charge in [0.15, 0.2) is 4.34 Å². The molecule has 4 rings (SSSR count). The van der Waals surface area contributed by atoms with Crippen LogP contribution >= 0.6 is 34.7 Å². The third kappa shape index (κ3) is 4.21. The molecule has 0 saturated carbocycles. The van der Waals surface area contributed by atoms with E-state index in [4.69, 9.17) is 11.6 Å². The highest BCUT2D eigenvalue weighted by Gasteiger charge is 2.13. The number of hydrogen-bond donors (Lipinski definition) is 2. The van der Waals surface area contributed by atoms with Crippen LogP contribution in [0.15, 0.2) is 46.0 Å². The predicted octanol–water partition coefficient (Wildman–Crippen LogP) is 3.99. The zero-order valence-corrected chi connectivity index (χ0v) is 16.8. The monoisotopic (exact) mass is 432 g/mol. The van der Waals surface area contributed by atoms with Crippen LogP contribution in [0.3, 0.4) is 0 Å². The fourth-order valence-electron chi connectivity index (χ4n) is 2.30. The van der Waals surface area contributed by atoms with Gasteiger partial charge in [-0.2, -0.15) is 14.6 Å². The lowest BCUT2D eigenvalue weighted by atomic mass is 10.3. The number of rotatable bonds is 5. The predicted molar refractivity (Wildman–Crippen MR) is 108 cm³/mol. The summed E-state index contributed by atoms with van der Waals surface area (Å²) < 4.78 is 2.30. The molecule has 4 aromatic rings. The van der Waals surface area contributed by atoms with Gasteiger partial charge in [-0.1, -0.05) is 35.9 Å². The number of fused-ring (bicyclic) bond motifs is 1. The summed E-state index contributed by atoms with van der Waals surface area (Å²) in [6.07, 6.45) is 2.24. The SMILES string of the molecule is CCc1cc(Sc2nnc(NC(=O)Nc3cccc(Cl)c3)s2)n2ncnc2n1. The molecule has 0 aliphatic carbocycles. The summed E-state index contributed by atoms with van der Waals surface area (Å²) in [7, 11) is 0. The van der Waals surface area contributed by atoms with Crippen LogP contribution in [-0.2, 0) is 6.42 Å². The number of aromatic nitrogens is 6. The smallest absolute Gasteiger partial charge is 0.308 e. The van der Waals surface area contributed by atoms with Gasteiger partial charge in [-0.05, 0) is 42.4 Å². The number of carbonyl (C=O) groups excluding carboxylic acids is 1. The van der Waals surface area contributed by atoms with Crippen LogP contribution in [0.25, 0.3) is 5.78 Å². The average Bonchev–Trinajstić information content (AvgIpc) is 3.31. The van der Waals surface area contributed by atoms with E-state index in [0.29, 0.717) is 26.0 Å². The normalized spacial score (nSPS) is 10.9. The van der Waals surface area contributed by atoms with Gasteiger partial charge >= 0.3 is 6.03 Å².